The van der Waals surface area contributed by atoms with E-state index in [0.717, 1.165) is 5.56 Å². The molecule has 0 spiro atoms. The Bertz CT molecular complexity index is 1170. The maximum Gasteiger partial charge on any atom is 0.308 e. The lowest BCUT2D eigenvalue weighted by molar-refractivity contribution is -0.131. The second-order valence-corrected chi connectivity index (χ2v) is 7.02. The van der Waals surface area contributed by atoms with Crippen molar-refractivity contribution in [3.8, 4) is 17.2 Å². The summed E-state index contributed by atoms with van der Waals surface area (Å²) in [6, 6.07) is 18.5. The van der Waals surface area contributed by atoms with Crippen LogP contribution in [-0.2, 0) is 11.3 Å². The fourth-order valence-corrected chi connectivity index (χ4v) is 3.10. The van der Waals surface area contributed by atoms with Crippen molar-refractivity contribution < 1.29 is 28.6 Å². The molecular weight excluding hydrogens is 412 g/mol. The van der Waals surface area contributed by atoms with Crippen LogP contribution < -0.4 is 24.8 Å². The molecule has 162 valence electrons. The van der Waals surface area contributed by atoms with E-state index in [2.05, 4.69) is 10.6 Å². The standard InChI is InChI=1S/C24H20N2O6/c1-15(27)32-20-4-2-3-17(11-20)23(28)25-13-16-5-8-19(9-6-16)26-24(29)18-7-10-21-22(12-18)31-14-30-21/h2-12H,13-14H2,1H3,(H,25,28)(H,26,29). The number of nitrogens with one attached hydrogen (secondary N) is 2. The van der Waals surface area contributed by atoms with E-state index in [1.807, 2.05) is 12.1 Å². The lowest BCUT2D eigenvalue weighted by Gasteiger charge is -2.09. The van der Waals surface area contributed by atoms with E-state index >= 15 is 0 Å². The molecule has 0 bridgehead atoms. The zero-order chi connectivity index (χ0) is 22.5. The number of rotatable bonds is 6. The normalized spacial score (nSPS) is 11.5. The van der Waals surface area contributed by atoms with Gasteiger partial charge in [0.2, 0.25) is 6.79 Å². The lowest BCUT2D eigenvalue weighted by atomic mass is 10.1. The summed E-state index contributed by atoms with van der Waals surface area (Å²) >= 11 is 0. The largest absolute Gasteiger partial charge is 0.454 e. The Kier molecular flexibility index (Phi) is 6.03. The first-order valence-electron chi connectivity index (χ1n) is 9.84. The van der Waals surface area contributed by atoms with Gasteiger partial charge in [0, 0.05) is 30.3 Å². The van der Waals surface area contributed by atoms with Crippen molar-refractivity contribution in [3.63, 3.8) is 0 Å². The van der Waals surface area contributed by atoms with Gasteiger partial charge in [-0.1, -0.05) is 18.2 Å². The first kappa shape index (κ1) is 20.9. The van der Waals surface area contributed by atoms with Crippen LogP contribution >= 0.6 is 0 Å². The predicted molar refractivity (Wildman–Crippen MR) is 116 cm³/mol. The van der Waals surface area contributed by atoms with Gasteiger partial charge in [-0.15, -0.1) is 0 Å². The highest BCUT2D eigenvalue weighted by Gasteiger charge is 2.16. The molecule has 1 heterocycles. The van der Waals surface area contributed by atoms with Crippen molar-refractivity contribution in [2.45, 2.75) is 13.5 Å². The highest BCUT2D eigenvalue weighted by molar-refractivity contribution is 6.04. The minimum absolute atomic E-state index is 0.149. The van der Waals surface area contributed by atoms with Crippen LogP contribution in [0.2, 0.25) is 0 Å². The molecule has 32 heavy (non-hydrogen) atoms. The number of ether oxygens (including phenoxy) is 3. The zero-order valence-corrected chi connectivity index (χ0v) is 17.2. The molecule has 0 radical (unpaired) electrons. The van der Waals surface area contributed by atoms with Gasteiger partial charge in [0.15, 0.2) is 11.5 Å². The summed E-state index contributed by atoms with van der Waals surface area (Å²) in [7, 11) is 0. The number of benzene rings is 3. The summed E-state index contributed by atoms with van der Waals surface area (Å²) in [5, 5.41) is 5.64. The van der Waals surface area contributed by atoms with E-state index in [4.69, 9.17) is 14.2 Å². The summed E-state index contributed by atoms with van der Waals surface area (Å²) in [5.74, 6) is 0.463. The van der Waals surface area contributed by atoms with Crippen molar-refractivity contribution in [2.24, 2.45) is 0 Å². The first-order chi connectivity index (χ1) is 15.5. The van der Waals surface area contributed by atoms with Gasteiger partial charge in [-0.25, -0.2) is 0 Å². The molecule has 2 amide bonds. The van der Waals surface area contributed by atoms with Gasteiger partial charge in [-0.3, -0.25) is 14.4 Å². The Morgan fingerprint density at radius 1 is 0.875 bits per heavy atom. The molecule has 1 aliphatic rings. The van der Waals surface area contributed by atoms with Crippen molar-refractivity contribution in [1.82, 2.24) is 5.32 Å². The van der Waals surface area contributed by atoms with Crippen LogP contribution in [0.15, 0.2) is 66.7 Å². The van der Waals surface area contributed by atoms with Gasteiger partial charge >= 0.3 is 5.97 Å². The second-order valence-electron chi connectivity index (χ2n) is 7.02. The average molecular weight is 432 g/mol. The van der Waals surface area contributed by atoms with Crippen LogP contribution in [0.25, 0.3) is 0 Å². The molecule has 0 saturated heterocycles. The van der Waals surface area contributed by atoms with E-state index < -0.39 is 5.97 Å². The fourth-order valence-electron chi connectivity index (χ4n) is 3.10. The number of fused-ring (bicyclic) bond motifs is 1. The van der Waals surface area contributed by atoms with Crippen LogP contribution in [0.5, 0.6) is 17.2 Å². The molecule has 0 aromatic heterocycles. The monoisotopic (exact) mass is 432 g/mol. The van der Waals surface area contributed by atoms with Gasteiger partial charge in [0.25, 0.3) is 11.8 Å². The molecular formula is C24H20N2O6. The molecule has 3 aromatic rings. The summed E-state index contributed by atoms with van der Waals surface area (Å²) < 4.78 is 15.5. The fraction of sp³-hybridized carbons (Fsp3) is 0.125. The Hall–Kier alpha value is -4.33. The third-order valence-electron chi connectivity index (χ3n) is 4.66. The zero-order valence-electron chi connectivity index (χ0n) is 17.2. The quantitative estimate of drug-likeness (QED) is 0.456. The number of carbonyl (C=O) groups excluding carboxylic acids is 3. The SMILES string of the molecule is CC(=O)Oc1cccc(C(=O)NCc2ccc(NC(=O)c3ccc4c(c3)OCO4)cc2)c1. The summed E-state index contributed by atoms with van der Waals surface area (Å²) in [6.07, 6.45) is 0. The molecule has 0 saturated carbocycles. The number of hydrogen-bond donors (Lipinski definition) is 2. The number of amides is 2. The van der Waals surface area contributed by atoms with Crippen molar-refractivity contribution >= 4 is 23.5 Å². The molecule has 2 N–H and O–H groups in total. The second kappa shape index (κ2) is 9.22. The van der Waals surface area contributed by atoms with E-state index in [1.54, 1.807) is 48.5 Å². The first-order valence-corrected chi connectivity index (χ1v) is 9.84. The topological polar surface area (TPSA) is 103 Å². The number of anilines is 1. The highest BCUT2D eigenvalue weighted by atomic mass is 16.7. The molecule has 0 atom stereocenters. The van der Waals surface area contributed by atoms with Crippen molar-refractivity contribution in [1.29, 1.82) is 0 Å². The molecule has 8 nitrogen and oxygen atoms in total. The summed E-state index contributed by atoms with van der Waals surface area (Å²) in [6.45, 7) is 1.75. The molecule has 0 aliphatic carbocycles. The molecule has 4 rings (SSSR count). The predicted octanol–water partition coefficient (Wildman–Crippen LogP) is 3.52. The molecule has 1 aliphatic heterocycles. The van der Waals surface area contributed by atoms with E-state index in [0.29, 0.717) is 40.6 Å². The molecule has 3 aromatic carbocycles. The van der Waals surface area contributed by atoms with Gasteiger partial charge in [0.1, 0.15) is 5.75 Å². The van der Waals surface area contributed by atoms with Gasteiger partial charge in [-0.05, 0) is 54.1 Å². The van der Waals surface area contributed by atoms with Crippen LogP contribution in [-0.4, -0.2) is 24.6 Å². The number of hydrogen-bond acceptors (Lipinski definition) is 6. The van der Waals surface area contributed by atoms with Crippen LogP contribution in [0.1, 0.15) is 33.2 Å². The minimum Gasteiger partial charge on any atom is -0.454 e. The Labute approximate surface area is 184 Å². The summed E-state index contributed by atoms with van der Waals surface area (Å²) in [4.78, 5) is 35.9. The Morgan fingerprint density at radius 2 is 1.62 bits per heavy atom. The van der Waals surface area contributed by atoms with Gasteiger partial charge < -0.3 is 24.8 Å². The van der Waals surface area contributed by atoms with Crippen molar-refractivity contribution in [2.75, 3.05) is 12.1 Å². The summed E-state index contributed by atoms with van der Waals surface area (Å²) in [5.41, 5.74) is 2.32. The molecule has 8 heteroatoms. The van der Waals surface area contributed by atoms with E-state index in [1.165, 1.54) is 13.0 Å². The minimum atomic E-state index is -0.451. The third-order valence-corrected chi connectivity index (χ3v) is 4.66. The van der Waals surface area contributed by atoms with Crippen LogP contribution in [0.4, 0.5) is 5.69 Å². The van der Waals surface area contributed by atoms with Gasteiger partial charge in [0.05, 0.1) is 0 Å². The highest BCUT2D eigenvalue weighted by Crippen LogP contribution is 2.32. The van der Waals surface area contributed by atoms with Crippen LogP contribution in [0.3, 0.4) is 0 Å². The average Bonchev–Trinajstić information content (AvgIpc) is 3.26. The van der Waals surface area contributed by atoms with E-state index in [-0.39, 0.29) is 18.6 Å². The smallest absolute Gasteiger partial charge is 0.308 e. The maximum atomic E-state index is 12.5. The number of carbonyl (C=O) groups is 3. The lowest BCUT2D eigenvalue weighted by Crippen LogP contribution is -2.22. The Balaban J connectivity index is 1.32. The van der Waals surface area contributed by atoms with Crippen LogP contribution in [0, 0.1) is 0 Å². The maximum absolute atomic E-state index is 12.5. The van der Waals surface area contributed by atoms with E-state index in [9.17, 15) is 14.4 Å². The Morgan fingerprint density at radius 3 is 2.41 bits per heavy atom. The van der Waals surface area contributed by atoms with Crippen molar-refractivity contribution in [3.05, 3.63) is 83.4 Å². The third kappa shape index (κ3) is 5.04. The molecule has 0 fully saturated rings. The number of esters is 1. The molecule has 0 unspecified atom stereocenters. The van der Waals surface area contributed by atoms with Gasteiger partial charge in [-0.2, -0.15) is 0 Å².